The minimum atomic E-state index is -3.50. The molecule has 0 saturated carbocycles. The van der Waals surface area contributed by atoms with Crippen LogP contribution in [0, 0.1) is 0 Å². The molecular weight excluding hydrogens is 328 g/mol. The van der Waals surface area contributed by atoms with E-state index in [-0.39, 0.29) is 6.04 Å². The maximum Gasteiger partial charge on any atom is 0.253 e. The highest BCUT2D eigenvalue weighted by Crippen LogP contribution is 2.38. The van der Waals surface area contributed by atoms with Crippen LogP contribution in [0.3, 0.4) is 0 Å². The number of sulfonamides is 1. The average molecular weight is 343 g/mol. The summed E-state index contributed by atoms with van der Waals surface area (Å²) in [5.41, 5.74) is 7.07. The largest absolute Gasteiger partial charge is 0.398 e. The molecule has 21 heavy (non-hydrogen) atoms. The molecule has 1 atom stereocenters. The van der Waals surface area contributed by atoms with Crippen molar-refractivity contribution in [3.63, 3.8) is 0 Å². The molecule has 2 heterocycles. The van der Waals surface area contributed by atoms with Crippen LogP contribution in [0.4, 0.5) is 5.69 Å². The maximum atomic E-state index is 12.8. The molecule has 2 N–H and O–H groups in total. The topological polar surface area (TPSA) is 63.4 Å². The van der Waals surface area contributed by atoms with Gasteiger partial charge in [0.2, 0.25) is 0 Å². The van der Waals surface area contributed by atoms with Gasteiger partial charge in [0.05, 0.1) is 6.04 Å². The maximum absolute atomic E-state index is 12.8. The highest BCUT2D eigenvalue weighted by atomic mass is 35.5. The third-order valence-corrected chi connectivity index (χ3v) is 7.17. The number of rotatable bonds is 3. The fourth-order valence-electron chi connectivity index (χ4n) is 2.66. The van der Waals surface area contributed by atoms with Crippen molar-refractivity contribution in [1.82, 2.24) is 4.31 Å². The first-order valence-electron chi connectivity index (χ1n) is 6.60. The smallest absolute Gasteiger partial charge is 0.253 e. The van der Waals surface area contributed by atoms with Gasteiger partial charge in [0.15, 0.2) is 0 Å². The van der Waals surface area contributed by atoms with Gasteiger partial charge in [-0.3, -0.25) is 0 Å². The van der Waals surface area contributed by atoms with E-state index in [2.05, 4.69) is 0 Å². The molecule has 0 amide bonds. The molecule has 7 heteroatoms. The van der Waals surface area contributed by atoms with Crippen molar-refractivity contribution in [3.8, 4) is 0 Å². The SMILES string of the molecule is Nc1csc(S(=O)(=O)N2CCCC2c2cccc(Cl)c2)c1. The summed E-state index contributed by atoms with van der Waals surface area (Å²) in [5.74, 6) is 0. The molecule has 1 saturated heterocycles. The van der Waals surface area contributed by atoms with Crippen molar-refractivity contribution in [2.75, 3.05) is 12.3 Å². The Morgan fingerprint density at radius 3 is 2.81 bits per heavy atom. The van der Waals surface area contributed by atoms with E-state index in [0.717, 1.165) is 29.7 Å². The zero-order valence-electron chi connectivity index (χ0n) is 11.2. The number of nitrogen functional groups attached to an aromatic ring is 1. The van der Waals surface area contributed by atoms with E-state index in [9.17, 15) is 8.42 Å². The van der Waals surface area contributed by atoms with Gasteiger partial charge < -0.3 is 5.73 Å². The lowest BCUT2D eigenvalue weighted by Gasteiger charge is -2.23. The first kappa shape index (κ1) is 14.8. The van der Waals surface area contributed by atoms with Gasteiger partial charge >= 0.3 is 0 Å². The third-order valence-electron chi connectivity index (χ3n) is 3.60. The third kappa shape index (κ3) is 2.81. The van der Waals surface area contributed by atoms with Crippen molar-refractivity contribution in [2.45, 2.75) is 23.1 Å². The Bertz CT molecular complexity index is 758. The van der Waals surface area contributed by atoms with Crippen molar-refractivity contribution < 1.29 is 8.42 Å². The lowest BCUT2D eigenvalue weighted by molar-refractivity contribution is 0.398. The van der Waals surface area contributed by atoms with Crippen LogP contribution in [0.15, 0.2) is 39.9 Å². The number of nitrogens with two attached hydrogens (primary N) is 1. The van der Waals surface area contributed by atoms with E-state index < -0.39 is 10.0 Å². The molecule has 2 aromatic rings. The lowest BCUT2D eigenvalue weighted by Crippen LogP contribution is -2.30. The average Bonchev–Trinajstić information content (AvgIpc) is 3.07. The zero-order valence-corrected chi connectivity index (χ0v) is 13.6. The van der Waals surface area contributed by atoms with Crippen molar-refractivity contribution in [3.05, 3.63) is 46.3 Å². The fraction of sp³-hybridized carbons (Fsp3) is 0.286. The first-order valence-corrected chi connectivity index (χ1v) is 9.29. The Balaban J connectivity index is 1.97. The second-order valence-corrected chi connectivity index (χ2v) is 8.49. The van der Waals surface area contributed by atoms with Gasteiger partial charge in [-0.05, 0) is 36.6 Å². The second kappa shape index (κ2) is 5.61. The molecule has 0 aliphatic carbocycles. The van der Waals surface area contributed by atoms with Crippen molar-refractivity contribution in [2.24, 2.45) is 0 Å². The number of halogens is 1. The molecule has 4 nitrogen and oxygen atoms in total. The minimum absolute atomic E-state index is 0.156. The number of nitrogens with zero attached hydrogens (tertiary/aromatic N) is 1. The summed E-state index contributed by atoms with van der Waals surface area (Å²) in [4.78, 5) is 0. The van der Waals surface area contributed by atoms with Gasteiger partial charge in [-0.2, -0.15) is 4.31 Å². The van der Waals surface area contributed by atoms with Gasteiger partial charge in [0, 0.05) is 22.6 Å². The first-order chi connectivity index (χ1) is 9.98. The molecule has 0 spiro atoms. The van der Waals surface area contributed by atoms with Crippen LogP contribution < -0.4 is 5.73 Å². The number of anilines is 1. The van der Waals surface area contributed by atoms with E-state index in [4.69, 9.17) is 17.3 Å². The molecule has 1 fully saturated rings. The second-order valence-electron chi connectivity index (χ2n) is 5.03. The van der Waals surface area contributed by atoms with Crippen LogP contribution in [0.1, 0.15) is 24.4 Å². The number of thiophene rings is 1. The van der Waals surface area contributed by atoms with Crippen LogP contribution in [0.2, 0.25) is 5.02 Å². The molecule has 1 unspecified atom stereocenters. The number of hydrogen-bond donors (Lipinski definition) is 1. The Morgan fingerprint density at radius 2 is 2.14 bits per heavy atom. The van der Waals surface area contributed by atoms with Crippen LogP contribution >= 0.6 is 22.9 Å². The molecule has 1 aliphatic heterocycles. The molecule has 1 aliphatic rings. The van der Waals surface area contributed by atoms with E-state index in [1.807, 2.05) is 18.2 Å². The molecular formula is C14H15ClN2O2S2. The molecule has 1 aromatic carbocycles. The standard InChI is InChI=1S/C14H15ClN2O2S2/c15-11-4-1-3-10(7-11)13-5-2-6-17(13)21(18,19)14-8-12(16)9-20-14/h1,3-4,7-9,13H,2,5-6,16H2. The van der Waals surface area contributed by atoms with Crippen LogP contribution in [-0.2, 0) is 10.0 Å². The monoisotopic (exact) mass is 342 g/mol. The summed E-state index contributed by atoms with van der Waals surface area (Å²) in [7, 11) is -3.50. The lowest BCUT2D eigenvalue weighted by atomic mass is 10.1. The molecule has 0 bridgehead atoms. The summed E-state index contributed by atoms with van der Waals surface area (Å²) >= 11 is 7.19. The van der Waals surface area contributed by atoms with E-state index in [0.29, 0.717) is 21.5 Å². The van der Waals surface area contributed by atoms with Gasteiger partial charge in [0.25, 0.3) is 10.0 Å². The van der Waals surface area contributed by atoms with Gasteiger partial charge in [-0.1, -0.05) is 23.7 Å². The predicted molar refractivity (Wildman–Crippen MR) is 86.1 cm³/mol. The Hall–Kier alpha value is -1.08. The molecule has 1 aromatic heterocycles. The normalized spacial score (nSPS) is 20.0. The van der Waals surface area contributed by atoms with Crippen LogP contribution in [0.25, 0.3) is 0 Å². The summed E-state index contributed by atoms with van der Waals surface area (Å²) < 4.78 is 27.4. The van der Waals surface area contributed by atoms with Crippen LogP contribution in [-0.4, -0.2) is 19.3 Å². The van der Waals surface area contributed by atoms with Gasteiger partial charge in [0.1, 0.15) is 4.21 Å². The van der Waals surface area contributed by atoms with Crippen molar-refractivity contribution in [1.29, 1.82) is 0 Å². The minimum Gasteiger partial charge on any atom is -0.398 e. The summed E-state index contributed by atoms with van der Waals surface area (Å²) in [6.45, 7) is 0.525. The van der Waals surface area contributed by atoms with Gasteiger partial charge in [-0.15, -0.1) is 11.3 Å². The zero-order chi connectivity index (χ0) is 15.0. The molecule has 112 valence electrons. The van der Waals surface area contributed by atoms with E-state index >= 15 is 0 Å². The highest BCUT2D eigenvalue weighted by Gasteiger charge is 2.36. The van der Waals surface area contributed by atoms with E-state index in [1.54, 1.807) is 15.8 Å². The molecule has 0 radical (unpaired) electrons. The van der Waals surface area contributed by atoms with Crippen molar-refractivity contribution >= 4 is 38.6 Å². The van der Waals surface area contributed by atoms with Gasteiger partial charge in [-0.25, -0.2) is 8.42 Å². The summed E-state index contributed by atoms with van der Waals surface area (Å²) in [5, 5.41) is 2.27. The highest BCUT2D eigenvalue weighted by molar-refractivity contribution is 7.91. The molecule has 3 rings (SSSR count). The Morgan fingerprint density at radius 1 is 1.33 bits per heavy atom. The Kier molecular flexibility index (Phi) is 3.96. The predicted octanol–water partition coefficient (Wildman–Crippen LogP) is 3.51. The fourth-order valence-corrected chi connectivity index (χ4v) is 5.74. The summed E-state index contributed by atoms with van der Waals surface area (Å²) in [6.07, 6.45) is 1.65. The number of benzene rings is 1. The van der Waals surface area contributed by atoms with E-state index in [1.165, 1.54) is 6.07 Å². The quantitative estimate of drug-likeness (QED) is 0.928. The number of hydrogen-bond acceptors (Lipinski definition) is 4. The van der Waals surface area contributed by atoms with Crippen LogP contribution in [0.5, 0.6) is 0 Å². The Labute approximate surface area is 133 Å². The summed E-state index contributed by atoms with van der Waals surface area (Å²) in [6, 6.07) is 8.77.